The summed E-state index contributed by atoms with van der Waals surface area (Å²) < 4.78 is 0. The number of urea groups is 1. The van der Waals surface area contributed by atoms with Crippen LogP contribution in [0.5, 0.6) is 0 Å². The van der Waals surface area contributed by atoms with Gasteiger partial charge in [-0.2, -0.15) is 0 Å². The number of nitrogens with zero attached hydrogens (tertiary/aromatic N) is 1. The van der Waals surface area contributed by atoms with Crippen LogP contribution in [0.1, 0.15) is 22.7 Å². The van der Waals surface area contributed by atoms with Gasteiger partial charge in [-0.3, -0.25) is 0 Å². The molecule has 2 N–H and O–H groups in total. The highest BCUT2D eigenvalue weighted by Crippen LogP contribution is 2.30. The number of benzene rings is 4. The van der Waals surface area contributed by atoms with E-state index in [-0.39, 0.29) is 12.1 Å². The Morgan fingerprint density at radius 1 is 0.816 bits per heavy atom. The van der Waals surface area contributed by atoms with Crippen LogP contribution in [0.3, 0.4) is 0 Å². The molecular formula is C31H25Cl2N3OS. The maximum absolute atomic E-state index is 13.0. The number of halogens is 2. The largest absolute Gasteiger partial charge is 0.338 e. The zero-order chi connectivity index (χ0) is 26.3. The molecule has 0 aliphatic carbocycles. The Hall–Kier alpha value is -3.51. The Bertz CT molecular complexity index is 1480. The lowest BCUT2D eigenvalue weighted by molar-refractivity contribution is 0.239. The Morgan fingerprint density at radius 3 is 2.18 bits per heavy atom. The average Bonchev–Trinajstić information content (AvgIpc) is 2.94. The number of carbonyl (C=O) groups is 1. The van der Waals surface area contributed by atoms with Gasteiger partial charge in [-0.15, -0.1) is 0 Å². The fraction of sp³-hybridized carbons (Fsp3) is 0.0968. The maximum atomic E-state index is 13.0. The van der Waals surface area contributed by atoms with Crippen LogP contribution < -0.4 is 10.6 Å². The summed E-state index contributed by atoms with van der Waals surface area (Å²) in [5.74, 6) is 0. The van der Waals surface area contributed by atoms with Gasteiger partial charge in [0.05, 0.1) is 6.04 Å². The van der Waals surface area contributed by atoms with E-state index in [1.807, 2.05) is 66.7 Å². The van der Waals surface area contributed by atoms with Crippen molar-refractivity contribution in [1.29, 1.82) is 0 Å². The molecule has 4 aromatic carbocycles. The highest BCUT2D eigenvalue weighted by molar-refractivity contribution is 7.99. The van der Waals surface area contributed by atoms with Gasteiger partial charge < -0.3 is 10.6 Å². The van der Waals surface area contributed by atoms with Gasteiger partial charge in [-0.25, -0.2) is 9.78 Å². The second kappa shape index (κ2) is 12.4. The van der Waals surface area contributed by atoms with Crippen molar-refractivity contribution in [2.24, 2.45) is 0 Å². The number of amides is 2. The highest BCUT2D eigenvalue weighted by atomic mass is 35.5. The van der Waals surface area contributed by atoms with Crippen molar-refractivity contribution in [2.45, 2.75) is 22.4 Å². The van der Waals surface area contributed by atoms with Gasteiger partial charge in [0.25, 0.3) is 0 Å². The number of nitrogens with one attached hydrogen (secondary N) is 2. The van der Waals surface area contributed by atoms with Gasteiger partial charge in [-0.1, -0.05) is 89.6 Å². The lowest BCUT2D eigenvalue weighted by Gasteiger charge is -2.20. The summed E-state index contributed by atoms with van der Waals surface area (Å²) in [4.78, 5) is 18.5. The molecule has 0 atom stereocenters. The third-order valence-corrected chi connectivity index (χ3v) is 7.61. The number of fused-ring (bicyclic) bond motifs is 1. The molecule has 1 aromatic heterocycles. The standard InChI is InChI=1S/C31H25Cl2N3OS/c32-25-12-7-23(8-13-25)30(24-9-14-26(33)15-10-24)36-31(37)35-19-17-22-5-3-4-21-11-16-27(20-28(21)22)38-29-6-1-2-18-34-29/h1-16,18,20,30H,17,19H2,(H2,35,36,37). The Morgan fingerprint density at radius 2 is 1.53 bits per heavy atom. The normalized spacial score (nSPS) is 11.0. The zero-order valence-corrected chi connectivity index (χ0v) is 22.7. The summed E-state index contributed by atoms with van der Waals surface area (Å²) in [6.45, 7) is 0.497. The average molecular weight is 559 g/mol. The second-order valence-electron chi connectivity index (χ2n) is 8.76. The van der Waals surface area contributed by atoms with E-state index >= 15 is 0 Å². The smallest absolute Gasteiger partial charge is 0.315 e. The molecule has 4 nitrogen and oxygen atoms in total. The molecule has 0 unspecified atom stereocenters. The van der Waals surface area contributed by atoms with Gasteiger partial charge in [0, 0.05) is 27.7 Å². The number of hydrogen-bond acceptors (Lipinski definition) is 3. The summed E-state index contributed by atoms with van der Waals surface area (Å²) >= 11 is 13.8. The van der Waals surface area contributed by atoms with Crippen LogP contribution in [0.4, 0.5) is 4.79 Å². The van der Waals surface area contributed by atoms with E-state index in [9.17, 15) is 4.79 Å². The first kappa shape index (κ1) is 26.1. The molecular weight excluding hydrogens is 533 g/mol. The number of aromatic nitrogens is 1. The quantitative estimate of drug-likeness (QED) is 0.201. The zero-order valence-electron chi connectivity index (χ0n) is 20.4. The molecule has 38 heavy (non-hydrogen) atoms. The minimum absolute atomic E-state index is 0.244. The van der Waals surface area contributed by atoms with Crippen molar-refractivity contribution in [1.82, 2.24) is 15.6 Å². The lowest BCUT2D eigenvalue weighted by Crippen LogP contribution is -2.39. The van der Waals surface area contributed by atoms with Crippen LogP contribution in [0.2, 0.25) is 10.0 Å². The van der Waals surface area contributed by atoms with Crippen molar-refractivity contribution in [3.63, 3.8) is 0 Å². The molecule has 0 radical (unpaired) electrons. The second-order valence-corrected chi connectivity index (χ2v) is 10.7. The predicted molar refractivity (Wildman–Crippen MR) is 157 cm³/mol. The molecule has 0 saturated carbocycles. The molecule has 2 amide bonds. The molecule has 0 spiro atoms. The van der Waals surface area contributed by atoms with Gasteiger partial charge in [-0.05, 0) is 82.4 Å². The molecule has 0 bridgehead atoms. The predicted octanol–water partition coefficient (Wildman–Crippen LogP) is 8.32. The minimum Gasteiger partial charge on any atom is -0.338 e. The molecule has 0 saturated heterocycles. The lowest BCUT2D eigenvalue weighted by atomic mass is 9.99. The van der Waals surface area contributed by atoms with Gasteiger partial charge in [0.2, 0.25) is 0 Å². The van der Waals surface area contributed by atoms with Gasteiger partial charge >= 0.3 is 6.03 Å². The van der Waals surface area contributed by atoms with Crippen LogP contribution >= 0.6 is 35.0 Å². The maximum Gasteiger partial charge on any atom is 0.315 e. The number of rotatable bonds is 8. The Kier molecular flexibility index (Phi) is 8.49. The third kappa shape index (κ3) is 6.67. The van der Waals surface area contributed by atoms with Crippen molar-refractivity contribution in [3.05, 3.63) is 136 Å². The molecule has 190 valence electrons. The first-order chi connectivity index (χ1) is 18.5. The minimum atomic E-state index is -0.340. The topological polar surface area (TPSA) is 54.0 Å². The van der Waals surface area contributed by atoms with Crippen molar-refractivity contribution >= 4 is 51.8 Å². The van der Waals surface area contributed by atoms with Crippen molar-refractivity contribution in [2.75, 3.05) is 6.54 Å². The molecule has 1 heterocycles. The highest BCUT2D eigenvalue weighted by Gasteiger charge is 2.17. The number of pyridine rings is 1. The number of hydrogen-bond donors (Lipinski definition) is 2. The van der Waals surface area contributed by atoms with E-state index in [0.29, 0.717) is 23.0 Å². The van der Waals surface area contributed by atoms with Crippen LogP contribution in [-0.2, 0) is 6.42 Å². The molecule has 5 rings (SSSR count). The molecule has 0 fully saturated rings. The van der Waals surface area contributed by atoms with Crippen LogP contribution in [0.25, 0.3) is 10.8 Å². The summed E-state index contributed by atoms with van der Waals surface area (Å²) in [7, 11) is 0. The molecule has 0 aliphatic rings. The Balaban J connectivity index is 1.27. The third-order valence-electron chi connectivity index (χ3n) is 6.17. The summed E-state index contributed by atoms with van der Waals surface area (Å²) in [5, 5.41) is 10.7. The van der Waals surface area contributed by atoms with E-state index in [1.165, 1.54) is 16.3 Å². The summed E-state index contributed by atoms with van der Waals surface area (Å²) in [6, 6.07) is 33.0. The van der Waals surface area contributed by atoms with Crippen molar-refractivity contribution in [3.8, 4) is 0 Å². The van der Waals surface area contributed by atoms with Crippen LogP contribution in [0, 0.1) is 0 Å². The van der Waals surface area contributed by atoms with Crippen LogP contribution in [-0.4, -0.2) is 17.6 Å². The van der Waals surface area contributed by atoms with E-state index in [4.69, 9.17) is 23.2 Å². The van der Waals surface area contributed by atoms with Crippen molar-refractivity contribution < 1.29 is 4.79 Å². The molecule has 5 aromatic rings. The van der Waals surface area contributed by atoms with Gasteiger partial charge in [0.1, 0.15) is 5.03 Å². The van der Waals surface area contributed by atoms with Crippen LogP contribution in [0.15, 0.2) is 119 Å². The van der Waals surface area contributed by atoms with E-state index < -0.39 is 0 Å². The fourth-order valence-corrected chi connectivity index (χ4v) is 5.36. The molecule has 7 heteroatoms. The number of carbonyl (C=O) groups excluding carboxylic acids is 1. The van der Waals surface area contributed by atoms with Gasteiger partial charge in [0.15, 0.2) is 0 Å². The SMILES string of the molecule is O=C(NCCc1cccc2ccc(Sc3ccccn3)cc12)NC(c1ccc(Cl)cc1)c1ccc(Cl)cc1. The first-order valence-electron chi connectivity index (χ1n) is 12.2. The van der Waals surface area contributed by atoms with E-state index in [0.717, 1.165) is 21.0 Å². The Labute approximate surface area is 236 Å². The summed E-state index contributed by atoms with van der Waals surface area (Å²) in [6.07, 6.45) is 2.50. The van der Waals surface area contributed by atoms with E-state index in [2.05, 4.69) is 52.0 Å². The fourth-order valence-electron chi connectivity index (χ4n) is 4.29. The monoisotopic (exact) mass is 557 g/mol. The summed E-state index contributed by atoms with van der Waals surface area (Å²) in [5.41, 5.74) is 3.04. The molecule has 0 aliphatic heterocycles. The van der Waals surface area contributed by atoms with E-state index in [1.54, 1.807) is 18.0 Å². The first-order valence-corrected chi connectivity index (χ1v) is 13.8.